The molecule has 5 nitrogen and oxygen atoms in total. The van der Waals surface area contributed by atoms with E-state index < -0.39 is 12.0 Å². The number of anilines is 2. The van der Waals surface area contributed by atoms with Gasteiger partial charge in [0.25, 0.3) is 0 Å². The van der Waals surface area contributed by atoms with Crippen molar-refractivity contribution < 1.29 is 17.9 Å². The van der Waals surface area contributed by atoms with Crippen molar-refractivity contribution in [2.24, 2.45) is 0 Å². The van der Waals surface area contributed by atoms with Crippen LogP contribution >= 0.6 is 0 Å². The van der Waals surface area contributed by atoms with Crippen LogP contribution < -0.4 is 10.6 Å². The molecular weight excluding hydrogens is 273 g/mol. The molecule has 1 fully saturated rings. The predicted molar refractivity (Wildman–Crippen MR) is 68.3 cm³/mol. The van der Waals surface area contributed by atoms with Gasteiger partial charge in [0.2, 0.25) is 5.82 Å². The lowest BCUT2D eigenvalue weighted by Gasteiger charge is -2.33. The molecule has 0 spiro atoms. The summed E-state index contributed by atoms with van der Waals surface area (Å²) in [5, 5.41) is 0. The Morgan fingerprint density at radius 2 is 2.20 bits per heavy atom. The number of aromatic nitrogens is 2. The SMILES string of the molecule is CCOC1CCCN(c2cc(N)nc(C(F)(F)F)n2)C1. The number of nitrogen functional groups attached to an aromatic ring is 1. The smallest absolute Gasteiger partial charge is 0.384 e. The molecule has 1 aliphatic heterocycles. The molecule has 0 aromatic carbocycles. The average Bonchev–Trinajstić information content (AvgIpc) is 2.38. The van der Waals surface area contributed by atoms with Gasteiger partial charge in [-0.1, -0.05) is 0 Å². The highest BCUT2D eigenvalue weighted by atomic mass is 19.4. The number of hydrogen-bond donors (Lipinski definition) is 1. The predicted octanol–water partition coefficient (Wildman–Crippen LogP) is 2.08. The molecule has 1 aromatic rings. The minimum Gasteiger partial charge on any atom is -0.384 e. The third-order valence-corrected chi connectivity index (χ3v) is 3.09. The Morgan fingerprint density at radius 1 is 1.45 bits per heavy atom. The van der Waals surface area contributed by atoms with E-state index in [4.69, 9.17) is 10.5 Å². The van der Waals surface area contributed by atoms with Gasteiger partial charge in [0.05, 0.1) is 6.10 Å². The zero-order chi connectivity index (χ0) is 14.8. The molecule has 1 unspecified atom stereocenters. The first-order chi connectivity index (χ1) is 9.40. The van der Waals surface area contributed by atoms with Crippen molar-refractivity contribution >= 4 is 11.6 Å². The van der Waals surface area contributed by atoms with Crippen LogP contribution in [0, 0.1) is 0 Å². The Kier molecular flexibility index (Phi) is 4.32. The summed E-state index contributed by atoms with van der Waals surface area (Å²) in [4.78, 5) is 8.58. The molecule has 1 atom stereocenters. The zero-order valence-corrected chi connectivity index (χ0v) is 11.2. The molecule has 1 aromatic heterocycles. The van der Waals surface area contributed by atoms with E-state index >= 15 is 0 Å². The zero-order valence-electron chi connectivity index (χ0n) is 11.2. The molecule has 1 saturated heterocycles. The summed E-state index contributed by atoms with van der Waals surface area (Å²) in [6.45, 7) is 3.63. The van der Waals surface area contributed by atoms with E-state index in [9.17, 15) is 13.2 Å². The molecule has 20 heavy (non-hydrogen) atoms. The highest BCUT2D eigenvalue weighted by molar-refractivity contribution is 5.47. The molecule has 2 N–H and O–H groups in total. The van der Waals surface area contributed by atoms with Crippen molar-refractivity contribution in [3.05, 3.63) is 11.9 Å². The molecule has 2 heterocycles. The maximum atomic E-state index is 12.7. The summed E-state index contributed by atoms with van der Waals surface area (Å²) >= 11 is 0. The fourth-order valence-corrected chi connectivity index (χ4v) is 2.26. The molecular formula is C12H17F3N4O. The Labute approximate surface area is 114 Å². The lowest BCUT2D eigenvalue weighted by molar-refractivity contribution is -0.144. The van der Waals surface area contributed by atoms with Crippen LogP contribution in [0.4, 0.5) is 24.8 Å². The number of nitrogens with zero attached hydrogens (tertiary/aromatic N) is 3. The first kappa shape index (κ1) is 14.8. The Bertz CT molecular complexity index is 465. The standard InChI is InChI=1S/C12H17F3N4O/c1-2-20-8-4-3-5-19(7-8)10-6-9(16)17-11(18-10)12(13,14)15/h6,8H,2-5,7H2,1H3,(H2,16,17,18). The Morgan fingerprint density at radius 3 is 2.85 bits per heavy atom. The molecule has 112 valence electrons. The van der Waals surface area contributed by atoms with Crippen molar-refractivity contribution in [3.63, 3.8) is 0 Å². The molecule has 2 rings (SSSR count). The molecule has 8 heteroatoms. The van der Waals surface area contributed by atoms with Crippen LogP contribution in [0.3, 0.4) is 0 Å². The number of alkyl halides is 3. The van der Waals surface area contributed by atoms with Gasteiger partial charge in [0, 0.05) is 25.8 Å². The maximum absolute atomic E-state index is 12.7. The minimum absolute atomic E-state index is 0.0132. The van der Waals surface area contributed by atoms with Crippen molar-refractivity contribution in [3.8, 4) is 0 Å². The molecule has 1 aliphatic rings. The Balaban J connectivity index is 2.21. The van der Waals surface area contributed by atoms with Gasteiger partial charge in [-0.15, -0.1) is 0 Å². The summed E-state index contributed by atoms with van der Waals surface area (Å²) in [5.41, 5.74) is 5.45. The summed E-state index contributed by atoms with van der Waals surface area (Å²) < 4.78 is 43.6. The number of nitrogens with two attached hydrogens (primary N) is 1. The highest BCUT2D eigenvalue weighted by Crippen LogP contribution is 2.29. The van der Waals surface area contributed by atoms with Crippen LogP contribution in [0.2, 0.25) is 0 Å². The monoisotopic (exact) mass is 290 g/mol. The second kappa shape index (κ2) is 5.82. The van der Waals surface area contributed by atoms with Gasteiger partial charge < -0.3 is 15.4 Å². The maximum Gasteiger partial charge on any atom is 0.451 e. The van der Waals surface area contributed by atoms with Gasteiger partial charge in [-0.2, -0.15) is 13.2 Å². The van der Waals surface area contributed by atoms with Gasteiger partial charge in [0.15, 0.2) is 0 Å². The molecule has 0 bridgehead atoms. The van der Waals surface area contributed by atoms with Crippen LogP contribution in [0.25, 0.3) is 0 Å². The van der Waals surface area contributed by atoms with Gasteiger partial charge in [0.1, 0.15) is 11.6 Å². The summed E-state index contributed by atoms with van der Waals surface area (Å²) in [6.07, 6.45) is -2.84. The van der Waals surface area contributed by atoms with E-state index in [1.807, 2.05) is 6.92 Å². The average molecular weight is 290 g/mol. The summed E-state index contributed by atoms with van der Waals surface area (Å²) in [5.74, 6) is -1.18. The van der Waals surface area contributed by atoms with Gasteiger partial charge >= 0.3 is 6.18 Å². The van der Waals surface area contributed by atoms with Crippen LogP contribution in [0.5, 0.6) is 0 Å². The van der Waals surface area contributed by atoms with Crippen LogP contribution in [-0.4, -0.2) is 35.8 Å². The third-order valence-electron chi connectivity index (χ3n) is 3.09. The van der Waals surface area contributed by atoms with Crippen LogP contribution in [0.15, 0.2) is 6.07 Å². The van der Waals surface area contributed by atoms with E-state index in [0.717, 1.165) is 12.8 Å². The van der Waals surface area contributed by atoms with Gasteiger partial charge in [-0.05, 0) is 19.8 Å². The first-order valence-electron chi connectivity index (χ1n) is 6.48. The summed E-state index contributed by atoms with van der Waals surface area (Å²) in [7, 11) is 0. The van der Waals surface area contributed by atoms with E-state index in [1.54, 1.807) is 4.90 Å². The van der Waals surface area contributed by atoms with Crippen molar-refractivity contribution in [2.75, 3.05) is 30.3 Å². The quantitative estimate of drug-likeness (QED) is 0.923. The topological polar surface area (TPSA) is 64.3 Å². The third kappa shape index (κ3) is 3.50. The van der Waals surface area contributed by atoms with E-state index in [-0.39, 0.29) is 17.7 Å². The second-order valence-electron chi connectivity index (χ2n) is 4.64. The van der Waals surface area contributed by atoms with Crippen molar-refractivity contribution in [1.82, 2.24) is 9.97 Å². The fraction of sp³-hybridized carbons (Fsp3) is 0.667. The number of piperidine rings is 1. The second-order valence-corrected chi connectivity index (χ2v) is 4.64. The van der Waals surface area contributed by atoms with Gasteiger partial charge in [-0.3, -0.25) is 0 Å². The highest BCUT2D eigenvalue weighted by Gasteiger charge is 2.36. The van der Waals surface area contributed by atoms with Crippen LogP contribution in [-0.2, 0) is 10.9 Å². The molecule has 0 radical (unpaired) electrons. The number of ether oxygens (including phenoxy) is 1. The lowest BCUT2D eigenvalue weighted by Crippen LogP contribution is -2.40. The Hall–Kier alpha value is -1.57. The normalized spacial score (nSPS) is 20.2. The largest absolute Gasteiger partial charge is 0.451 e. The number of rotatable bonds is 3. The van der Waals surface area contributed by atoms with E-state index in [1.165, 1.54) is 6.07 Å². The van der Waals surface area contributed by atoms with Crippen molar-refractivity contribution in [2.45, 2.75) is 32.0 Å². The number of halogens is 3. The summed E-state index contributed by atoms with van der Waals surface area (Å²) in [6, 6.07) is 1.36. The van der Waals surface area contributed by atoms with Gasteiger partial charge in [-0.25, -0.2) is 9.97 Å². The number of hydrogen-bond acceptors (Lipinski definition) is 5. The first-order valence-corrected chi connectivity index (χ1v) is 6.48. The molecule has 0 amide bonds. The fourth-order valence-electron chi connectivity index (χ4n) is 2.26. The van der Waals surface area contributed by atoms with Crippen LogP contribution in [0.1, 0.15) is 25.6 Å². The lowest BCUT2D eigenvalue weighted by atomic mass is 10.1. The van der Waals surface area contributed by atoms with E-state index in [0.29, 0.717) is 19.7 Å². The van der Waals surface area contributed by atoms with E-state index in [2.05, 4.69) is 9.97 Å². The minimum atomic E-state index is -4.60. The molecule has 0 aliphatic carbocycles. The van der Waals surface area contributed by atoms with Crippen molar-refractivity contribution in [1.29, 1.82) is 0 Å². The molecule has 0 saturated carbocycles.